The summed E-state index contributed by atoms with van der Waals surface area (Å²) in [6.45, 7) is 3.66. The van der Waals surface area contributed by atoms with Gasteiger partial charge in [0.05, 0.1) is 5.92 Å². The highest BCUT2D eigenvalue weighted by atomic mass is 35.5. The molecule has 0 saturated carbocycles. The first-order chi connectivity index (χ1) is 8.40. The molecule has 1 aromatic carbocycles. The van der Waals surface area contributed by atoms with Crippen molar-refractivity contribution in [1.29, 1.82) is 0 Å². The molecule has 0 aromatic heterocycles. The van der Waals surface area contributed by atoms with E-state index in [1.54, 1.807) is 24.3 Å². The Hall–Kier alpha value is -1.55. The Morgan fingerprint density at radius 3 is 2.28 bits per heavy atom. The number of aliphatic carboxylic acids is 1. The second kappa shape index (κ2) is 6.40. The summed E-state index contributed by atoms with van der Waals surface area (Å²) in [5, 5.41) is 12.4. The van der Waals surface area contributed by atoms with Gasteiger partial charge in [-0.25, -0.2) is 0 Å². The van der Waals surface area contributed by atoms with Gasteiger partial charge in [0.15, 0.2) is 0 Å². The fourth-order valence-electron chi connectivity index (χ4n) is 1.61. The molecule has 2 N–H and O–H groups in total. The average Bonchev–Trinajstić information content (AvgIpc) is 2.26. The molecule has 1 aromatic rings. The molecule has 4 nitrogen and oxygen atoms in total. The van der Waals surface area contributed by atoms with Gasteiger partial charge in [-0.2, -0.15) is 0 Å². The lowest BCUT2D eigenvalue weighted by atomic mass is 9.95. The van der Waals surface area contributed by atoms with Gasteiger partial charge in [-0.3, -0.25) is 9.59 Å². The van der Waals surface area contributed by atoms with Crippen LogP contribution in [0.15, 0.2) is 24.3 Å². The largest absolute Gasteiger partial charge is 0.481 e. The van der Waals surface area contributed by atoms with Gasteiger partial charge in [0.1, 0.15) is 0 Å². The van der Waals surface area contributed by atoms with Crippen LogP contribution >= 0.6 is 11.6 Å². The molecule has 0 saturated heterocycles. The van der Waals surface area contributed by atoms with E-state index in [1.165, 1.54) is 0 Å². The Balaban J connectivity index is 2.80. The van der Waals surface area contributed by atoms with Crippen molar-refractivity contribution in [1.82, 2.24) is 5.32 Å². The molecule has 0 bridgehead atoms. The molecule has 1 rings (SSSR count). The van der Waals surface area contributed by atoms with Crippen LogP contribution in [0.5, 0.6) is 0 Å². The maximum atomic E-state index is 11.6. The molecule has 0 fully saturated rings. The van der Waals surface area contributed by atoms with E-state index in [4.69, 9.17) is 16.7 Å². The number of halogens is 1. The number of carbonyl (C=O) groups excluding carboxylic acids is 1. The van der Waals surface area contributed by atoms with E-state index in [0.29, 0.717) is 10.6 Å². The zero-order valence-corrected chi connectivity index (χ0v) is 11.1. The highest BCUT2D eigenvalue weighted by Gasteiger charge is 2.23. The third kappa shape index (κ3) is 4.37. The molecule has 0 aliphatic carbocycles. The number of amides is 1. The minimum atomic E-state index is -1.02. The Kier molecular flexibility index (Phi) is 5.16. The number of carboxylic acids is 1. The molecule has 98 valence electrons. The van der Waals surface area contributed by atoms with Crippen LogP contribution in [-0.2, 0) is 9.59 Å². The summed E-state index contributed by atoms with van der Waals surface area (Å²) in [6, 6.07) is 6.49. The van der Waals surface area contributed by atoms with Gasteiger partial charge in [-0.15, -0.1) is 0 Å². The lowest BCUT2D eigenvalue weighted by Crippen LogP contribution is -2.32. The molecule has 5 heteroatoms. The molecule has 1 unspecified atom stereocenters. The summed E-state index contributed by atoms with van der Waals surface area (Å²) in [4.78, 5) is 22.8. The zero-order chi connectivity index (χ0) is 13.7. The lowest BCUT2D eigenvalue weighted by Gasteiger charge is -2.14. The normalized spacial score (nSPS) is 12.2. The Morgan fingerprint density at radius 1 is 1.28 bits per heavy atom. The summed E-state index contributed by atoms with van der Waals surface area (Å²) in [5.41, 5.74) is 0.575. The molecular weight excluding hydrogens is 254 g/mol. The number of carboxylic acid groups (broad SMARTS) is 1. The lowest BCUT2D eigenvalue weighted by molar-refractivity contribution is -0.140. The fraction of sp³-hybridized carbons (Fsp3) is 0.385. The van der Waals surface area contributed by atoms with E-state index in [2.05, 4.69) is 5.32 Å². The highest BCUT2D eigenvalue weighted by molar-refractivity contribution is 6.30. The molecule has 0 aliphatic rings. The van der Waals surface area contributed by atoms with Crippen molar-refractivity contribution >= 4 is 23.5 Å². The van der Waals surface area contributed by atoms with Crippen LogP contribution in [0.2, 0.25) is 5.02 Å². The molecule has 18 heavy (non-hydrogen) atoms. The van der Waals surface area contributed by atoms with Crippen LogP contribution < -0.4 is 5.32 Å². The van der Waals surface area contributed by atoms with E-state index < -0.39 is 11.9 Å². The van der Waals surface area contributed by atoms with Gasteiger partial charge in [-0.1, -0.05) is 23.7 Å². The van der Waals surface area contributed by atoms with Crippen molar-refractivity contribution in [3.8, 4) is 0 Å². The second-order valence-corrected chi connectivity index (χ2v) is 4.81. The van der Waals surface area contributed by atoms with Gasteiger partial charge < -0.3 is 10.4 Å². The number of hydrogen-bond acceptors (Lipinski definition) is 2. The minimum Gasteiger partial charge on any atom is -0.481 e. The van der Waals surface area contributed by atoms with Gasteiger partial charge >= 0.3 is 5.97 Å². The standard InChI is InChI=1S/C13H16ClNO3/c1-8(2)15-12(16)7-11(13(17)18)9-3-5-10(14)6-4-9/h3-6,8,11H,7H2,1-2H3,(H,15,16)(H,17,18). The molecular formula is C13H16ClNO3. The highest BCUT2D eigenvalue weighted by Crippen LogP contribution is 2.22. The third-order valence-electron chi connectivity index (χ3n) is 2.41. The van der Waals surface area contributed by atoms with E-state index in [-0.39, 0.29) is 18.4 Å². The number of hydrogen-bond donors (Lipinski definition) is 2. The van der Waals surface area contributed by atoms with E-state index in [0.717, 1.165) is 0 Å². The summed E-state index contributed by atoms with van der Waals surface area (Å²) in [7, 11) is 0. The average molecular weight is 270 g/mol. The first kappa shape index (κ1) is 14.5. The van der Waals surface area contributed by atoms with E-state index >= 15 is 0 Å². The van der Waals surface area contributed by atoms with E-state index in [9.17, 15) is 9.59 Å². The van der Waals surface area contributed by atoms with Crippen molar-refractivity contribution < 1.29 is 14.7 Å². The van der Waals surface area contributed by atoms with Gasteiger partial charge in [0.2, 0.25) is 5.91 Å². The summed E-state index contributed by atoms with van der Waals surface area (Å²) in [5.74, 6) is -2.13. The molecule has 0 heterocycles. The molecule has 1 amide bonds. The number of nitrogens with one attached hydrogen (secondary N) is 1. The van der Waals surface area contributed by atoms with Crippen LogP contribution in [0.1, 0.15) is 31.7 Å². The van der Waals surface area contributed by atoms with Crippen molar-refractivity contribution in [3.63, 3.8) is 0 Å². The van der Waals surface area contributed by atoms with Crippen LogP contribution in [0, 0.1) is 0 Å². The minimum absolute atomic E-state index is 0.00263. The van der Waals surface area contributed by atoms with Crippen molar-refractivity contribution in [2.24, 2.45) is 0 Å². The molecule has 0 spiro atoms. The van der Waals surface area contributed by atoms with Gasteiger partial charge in [0, 0.05) is 17.5 Å². The third-order valence-corrected chi connectivity index (χ3v) is 2.66. The number of rotatable bonds is 5. The second-order valence-electron chi connectivity index (χ2n) is 4.37. The number of carbonyl (C=O) groups is 2. The topological polar surface area (TPSA) is 66.4 Å². The Morgan fingerprint density at radius 2 is 1.83 bits per heavy atom. The quantitative estimate of drug-likeness (QED) is 0.863. The molecule has 0 radical (unpaired) electrons. The monoisotopic (exact) mass is 269 g/mol. The van der Waals surface area contributed by atoms with Crippen LogP contribution in [0.3, 0.4) is 0 Å². The summed E-state index contributed by atoms with van der Waals surface area (Å²) in [6.07, 6.45) is -0.0743. The summed E-state index contributed by atoms with van der Waals surface area (Å²) < 4.78 is 0. The van der Waals surface area contributed by atoms with Crippen LogP contribution in [-0.4, -0.2) is 23.0 Å². The smallest absolute Gasteiger partial charge is 0.311 e. The SMILES string of the molecule is CC(C)NC(=O)CC(C(=O)O)c1ccc(Cl)cc1. The zero-order valence-electron chi connectivity index (χ0n) is 10.3. The fourth-order valence-corrected chi connectivity index (χ4v) is 1.74. The first-order valence-electron chi connectivity index (χ1n) is 5.67. The predicted molar refractivity (Wildman–Crippen MR) is 69.7 cm³/mol. The Bertz CT molecular complexity index is 428. The van der Waals surface area contributed by atoms with Crippen LogP contribution in [0.25, 0.3) is 0 Å². The van der Waals surface area contributed by atoms with Crippen LogP contribution in [0.4, 0.5) is 0 Å². The predicted octanol–water partition coefficient (Wildman–Crippen LogP) is 2.42. The maximum absolute atomic E-state index is 11.6. The van der Waals surface area contributed by atoms with E-state index in [1.807, 2.05) is 13.8 Å². The summed E-state index contributed by atoms with van der Waals surface area (Å²) >= 11 is 5.74. The van der Waals surface area contributed by atoms with Gasteiger partial charge in [-0.05, 0) is 31.5 Å². The molecule has 0 aliphatic heterocycles. The van der Waals surface area contributed by atoms with Crippen molar-refractivity contribution in [3.05, 3.63) is 34.9 Å². The van der Waals surface area contributed by atoms with Crippen molar-refractivity contribution in [2.45, 2.75) is 32.2 Å². The Labute approximate surface area is 111 Å². The maximum Gasteiger partial charge on any atom is 0.311 e. The van der Waals surface area contributed by atoms with Crippen molar-refractivity contribution in [2.75, 3.05) is 0 Å². The number of benzene rings is 1. The first-order valence-corrected chi connectivity index (χ1v) is 6.05. The van der Waals surface area contributed by atoms with Gasteiger partial charge in [0.25, 0.3) is 0 Å². The molecule has 1 atom stereocenters.